The van der Waals surface area contributed by atoms with Crippen molar-refractivity contribution in [2.24, 2.45) is 23.7 Å². The SMILES string of the molecule is Cc1ccc([C@@H]2[C@H](C(=O)OCC(C)C)C(=O)C[C@@](C)(O)[C@H]2C(=O)OCC(C)C)cc1. The third kappa shape index (κ3) is 5.69. The summed E-state index contributed by atoms with van der Waals surface area (Å²) in [5.74, 6) is -4.54. The van der Waals surface area contributed by atoms with Crippen LogP contribution in [-0.2, 0) is 23.9 Å². The van der Waals surface area contributed by atoms with E-state index in [4.69, 9.17) is 9.47 Å². The molecule has 1 aromatic carbocycles. The summed E-state index contributed by atoms with van der Waals surface area (Å²) in [6.07, 6.45) is -0.307. The Morgan fingerprint density at radius 1 is 1.03 bits per heavy atom. The van der Waals surface area contributed by atoms with Gasteiger partial charge in [0.05, 0.1) is 24.7 Å². The zero-order valence-corrected chi connectivity index (χ0v) is 18.8. The highest BCUT2D eigenvalue weighted by atomic mass is 16.5. The molecule has 6 nitrogen and oxygen atoms in total. The maximum Gasteiger partial charge on any atom is 0.317 e. The molecule has 1 saturated carbocycles. The Labute approximate surface area is 179 Å². The second kappa shape index (κ2) is 9.73. The minimum atomic E-state index is -1.63. The van der Waals surface area contributed by atoms with E-state index in [0.29, 0.717) is 5.56 Å². The first-order chi connectivity index (χ1) is 13.9. The van der Waals surface area contributed by atoms with Crippen LogP contribution in [0, 0.1) is 30.6 Å². The molecule has 30 heavy (non-hydrogen) atoms. The van der Waals surface area contributed by atoms with E-state index < -0.39 is 41.1 Å². The van der Waals surface area contributed by atoms with Crippen molar-refractivity contribution in [2.45, 2.75) is 59.5 Å². The molecule has 0 spiro atoms. The lowest BCUT2D eigenvalue weighted by molar-refractivity contribution is -0.173. The first kappa shape index (κ1) is 24.1. The van der Waals surface area contributed by atoms with Gasteiger partial charge in [-0.25, -0.2) is 0 Å². The third-order valence-corrected chi connectivity index (χ3v) is 5.36. The summed E-state index contributed by atoms with van der Waals surface area (Å²) in [7, 11) is 0. The Balaban J connectivity index is 2.51. The van der Waals surface area contributed by atoms with Gasteiger partial charge in [0.1, 0.15) is 5.92 Å². The minimum absolute atomic E-state index is 0.111. The maximum atomic E-state index is 13.1. The summed E-state index contributed by atoms with van der Waals surface area (Å²) in [6.45, 7) is 11.4. The van der Waals surface area contributed by atoms with Gasteiger partial charge in [-0.15, -0.1) is 0 Å². The first-order valence-corrected chi connectivity index (χ1v) is 10.6. The van der Waals surface area contributed by atoms with Crippen LogP contribution in [0.4, 0.5) is 0 Å². The third-order valence-electron chi connectivity index (χ3n) is 5.36. The molecule has 166 valence electrons. The molecular weight excluding hydrogens is 384 g/mol. The number of Topliss-reactive ketones (excluding diaryl/α,β-unsaturated/α-hetero) is 1. The fraction of sp³-hybridized carbons (Fsp3) is 0.625. The van der Waals surface area contributed by atoms with E-state index in [-0.39, 0.29) is 31.5 Å². The number of hydrogen-bond donors (Lipinski definition) is 1. The topological polar surface area (TPSA) is 89.9 Å². The van der Waals surface area contributed by atoms with E-state index in [1.807, 2.05) is 46.8 Å². The Kier molecular flexibility index (Phi) is 7.81. The fourth-order valence-corrected chi connectivity index (χ4v) is 3.88. The number of ketones is 1. The maximum absolute atomic E-state index is 13.1. The molecule has 0 heterocycles. The van der Waals surface area contributed by atoms with E-state index in [9.17, 15) is 19.5 Å². The van der Waals surface area contributed by atoms with E-state index in [0.717, 1.165) is 5.56 Å². The van der Waals surface area contributed by atoms with Crippen LogP contribution in [0.25, 0.3) is 0 Å². The van der Waals surface area contributed by atoms with Gasteiger partial charge in [-0.1, -0.05) is 57.5 Å². The van der Waals surface area contributed by atoms with Crippen LogP contribution in [0.3, 0.4) is 0 Å². The predicted octanol–water partition coefficient (Wildman–Crippen LogP) is 3.43. The molecule has 0 bridgehead atoms. The number of rotatable bonds is 7. The summed E-state index contributed by atoms with van der Waals surface area (Å²) < 4.78 is 10.8. The van der Waals surface area contributed by atoms with Gasteiger partial charge in [0, 0.05) is 12.3 Å². The Morgan fingerprint density at radius 3 is 2.03 bits per heavy atom. The number of carbonyl (C=O) groups excluding carboxylic acids is 3. The van der Waals surface area contributed by atoms with Gasteiger partial charge in [-0.05, 0) is 31.2 Å². The highest BCUT2D eigenvalue weighted by molar-refractivity contribution is 6.02. The molecule has 0 radical (unpaired) electrons. The molecule has 6 heteroatoms. The molecule has 0 aromatic heterocycles. The van der Waals surface area contributed by atoms with E-state index >= 15 is 0 Å². The minimum Gasteiger partial charge on any atom is -0.465 e. The molecule has 0 amide bonds. The van der Waals surface area contributed by atoms with Crippen LogP contribution in [0.5, 0.6) is 0 Å². The molecule has 1 aromatic rings. The van der Waals surface area contributed by atoms with Crippen molar-refractivity contribution in [2.75, 3.05) is 13.2 Å². The van der Waals surface area contributed by atoms with Gasteiger partial charge in [0.2, 0.25) is 0 Å². The molecular formula is C24H34O6. The first-order valence-electron chi connectivity index (χ1n) is 10.6. The lowest BCUT2D eigenvalue weighted by Gasteiger charge is -2.43. The molecule has 1 aliphatic rings. The number of hydrogen-bond acceptors (Lipinski definition) is 6. The Morgan fingerprint density at radius 2 is 1.53 bits per heavy atom. The predicted molar refractivity (Wildman–Crippen MR) is 113 cm³/mol. The van der Waals surface area contributed by atoms with Crippen molar-refractivity contribution in [3.8, 4) is 0 Å². The molecule has 0 aliphatic heterocycles. The van der Waals surface area contributed by atoms with E-state index in [1.54, 1.807) is 12.1 Å². The molecule has 0 unspecified atom stereocenters. The average Bonchev–Trinajstić information content (AvgIpc) is 2.63. The number of carbonyl (C=O) groups is 3. The Hall–Kier alpha value is -2.21. The number of benzene rings is 1. The van der Waals surface area contributed by atoms with Crippen LogP contribution in [0.1, 0.15) is 58.1 Å². The highest BCUT2D eigenvalue weighted by Gasteiger charge is 2.57. The smallest absolute Gasteiger partial charge is 0.317 e. The summed E-state index contributed by atoms with van der Waals surface area (Å²) in [5, 5.41) is 11.1. The van der Waals surface area contributed by atoms with Crippen LogP contribution in [0.15, 0.2) is 24.3 Å². The number of aliphatic hydroxyl groups is 1. The molecule has 1 N–H and O–H groups in total. The second-order valence-electron chi connectivity index (χ2n) is 9.44. The molecule has 0 saturated heterocycles. The van der Waals surface area contributed by atoms with Gasteiger partial charge >= 0.3 is 11.9 Å². The van der Waals surface area contributed by atoms with Gasteiger partial charge in [-0.3, -0.25) is 14.4 Å². The van der Waals surface area contributed by atoms with Crippen LogP contribution >= 0.6 is 0 Å². The molecule has 2 rings (SSSR count). The lowest BCUT2D eigenvalue weighted by Crippen LogP contribution is -2.55. The second-order valence-corrected chi connectivity index (χ2v) is 9.44. The number of aryl methyl sites for hydroxylation is 1. The summed E-state index contributed by atoms with van der Waals surface area (Å²) in [4.78, 5) is 39.0. The van der Waals surface area contributed by atoms with Gasteiger partial charge in [-0.2, -0.15) is 0 Å². The van der Waals surface area contributed by atoms with Crippen molar-refractivity contribution in [3.63, 3.8) is 0 Å². The number of ether oxygens (including phenoxy) is 2. The fourth-order valence-electron chi connectivity index (χ4n) is 3.88. The largest absolute Gasteiger partial charge is 0.465 e. The summed E-state index contributed by atoms with van der Waals surface area (Å²) in [5.41, 5.74) is 0.00708. The number of esters is 2. The van der Waals surface area contributed by atoms with Crippen LogP contribution < -0.4 is 0 Å². The average molecular weight is 419 g/mol. The van der Waals surface area contributed by atoms with Gasteiger partial charge in [0.15, 0.2) is 5.78 Å². The van der Waals surface area contributed by atoms with Crippen molar-refractivity contribution < 1.29 is 29.0 Å². The molecule has 1 fully saturated rings. The summed E-state index contributed by atoms with van der Waals surface area (Å²) >= 11 is 0. The zero-order valence-electron chi connectivity index (χ0n) is 18.8. The molecule has 1 aliphatic carbocycles. The Bertz CT molecular complexity index is 762. The van der Waals surface area contributed by atoms with E-state index in [1.165, 1.54) is 6.92 Å². The van der Waals surface area contributed by atoms with Crippen LogP contribution in [0.2, 0.25) is 0 Å². The zero-order chi connectivity index (χ0) is 22.6. The van der Waals surface area contributed by atoms with Crippen molar-refractivity contribution in [1.82, 2.24) is 0 Å². The highest BCUT2D eigenvalue weighted by Crippen LogP contribution is 2.46. The van der Waals surface area contributed by atoms with Crippen molar-refractivity contribution in [1.29, 1.82) is 0 Å². The lowest BCUT2D eigenvalue weighted by atomic mass is 9.61. The quantitative estimate of drug-likeness (QED) is 0.539. The monoisotopic (exact) mass is 418 g/mol. The van der Waals surface area contributed by atoms with Crippen LogP contribution in [-0.4, -0.2) is 41.6 Å². The van der Waals surface area contributed by atoms with E-state index in [2.05, 4.69) is 0 Å². The standard InChI is InChI=1S/C24H34O6/c1-14(2)12-29-22(26)20-18(25)11-24(6,28)21(23(27)30-13-15(3)4)19(20)17-9-7-16(5)8-10-17/h7-10,14-15,19-21,28H,11-13H2,1-6H3/t19-,20-,21-,24-/m1/s1. The van der Waals surface area contributed by atoms with Crippen molar-refractivity contribution in [3.05, 3.63) is 35.4 Å². The van der Waals surface area contributed by atoms with Crippen molar-refractivity contribution >= 4 is 17.7 Å². The summed E-state index contributed by atoms with van der Waals surface area (Å²) in [6, 6.07) is 7.30. The normalized spacial score (nSPS) is 26.7. The van der Waals surface area contributed by atoms with Gasteiger partial charge < -0.3 is 14.6 Å². The van der Waals surface area contributed by atoms with Gasteiger partial charge in [0.25, 0.3) is 0 Å². The molecule has 4 atom stereocenters.